The Morgan fingerprint density at radius 3 is 2.76 bits per heavy atom. The summed E-state index contributed by atoms with van der Waals surface area (Å²) in [6.07, 6.45) is 4.02. The van der Waals surface area contributed by atoms with E-state index in [1.807, 2.05) is 18.2 Å². The van der Waals surface area contributed by atoms with E-state index in [9.17, 15) is 0 Å². The summed E-state index contributed by atoms with van der Waals surface area (Å²) in [6.45, 7) is 2.40. The Kier molecular flexibility index (Phi) is 4.91. The Labute approximate surface area is 139 Å². The zero-order valence-electron chi connectivity index (χ0n) is 12.0. The van der Waals surface area contributed by atoms with Gasteiger partial charge in [-0.05, 0) is 65.2 Å². The van der Waals surface area contributed by atoms with Crippen molar-refractivity contribution in [1.29, 1.82) is 0 Å². The Morgan fingerprint density at radius 2 is 2.05 bits per heavy atom. The van der Waals surface area contributed by atoms with Crippen LogP contribution in [0.3, 0.4) is 0 Å². The van der Waals surface area contributed by atoms with Crippen molar-refractivity contribution in [2.45, 2.75) is 37.3 Å². The maximum Gasteiger partial charge on any atom is 0.0729 e. The number of rotatable bonds is 2. The molecule has 0 aliphatic carbocycles. The Balaban J connectivity index is 1.74. The van der Waals surface area contributed by atoms with Crippen LogP contribution in [0, 0.1) is 5.92 Å². The van der Waals surface area contributed by atoms with E-state index >= 15 is 0 Å². The lowest BCUT2D eigenvalue weighted by Gasteiger charge is -2.44. The van der Waals surface area contributed by atoms with Crippen LogP contribution in [0.2, 0.25) is 5.02 Å². The van der Waals surface area contributed by atoms with E-state index in [1.165, 1.54) is 0 Å². The van der Waals surface area contributed by atoms with Crippen molar-refractivity contribution in [2.24, 2.45) is 11.7 Å². The van der Waals surface area contributed by atoms with E-state index < -0.39 is 0 Å². The molecule has 2 N–H and O–H groups in total. The number of nitrogens with two attached hydrogens (primary N) is 1. The fourth-order valence-electron chi connectivity index (χ4n) is 3.46. The monoisotopic (exact) mass is 373 g/mol. The van der Waals surface area contributed by atoms with E-state index in [2.05, 4.69) is 15.9 Å². The quantitative estimate of drug-likeness (QED) is 0.848. The molecular weight excluding hydrogens is 354 g/mol. The van der Waals surface area contributed by atoms with Crippen LogP contribution >= 0.6 is 27.5 Å². The summed E-state index contributed by atoms with van der Waals surface area (Å²) >= 11 is 9.55. The lowest BCUT2D eigenvalue weighted by atomic mass is 9.76. The van der Waals surface area contributed by atoms with Crippen LogP contribution in [-0.2, 0) is 9.47 Å². The van der Waals surface area contributed by atoms with E-state index in [1.54, 1.807) is 0 Å². The van der Waals surface area contributed by atoms with Gasteiger partial charge in [0.25, 0.3) is 0 Å². The first kappa shape index (κ1) is 15.8. The van der Waals surface area contributed by atoms with Crippen LogP contribution < -0.4 is 5.73 Å². The van der Waals surface area contributed by atoms with Crippen LogP contribution in [0.25, 0.3) is 0 Å². The van der Waals surface area contributed by atoms with E-state index in [4.69, 9.17) is 26.8 Å². The largest absolute Gasteiger partial charge is 0.381 e. The molecule has 2 heterocycles. The highest BCUT2D eigenvalue weighted by molar-refractivity contribution is 9.10. The van der Waals surface area contributed by atoms with E-state index in [0.29, 0.717) is 5.92 Å². The molecule has 0 amide bonds. The van der Waals surface area contributed by atoms with Gasteiger partial charge in [-0.15, -0.1) is 0 Å². The minimum atomic E-state index is -0.0115. The Hall–Kier alpha value is -0.130. The topological polar surface area (TPSA) is 44.5 Å². The second kappa shape index (κ2) is 6.55. The van der Waals surface area contributed by atoms with E-state index in [0.717, 1.165) is 60.6 Å². The Bertz CT molecular complexity index is 500. The maximum absolute atomic E-state index is 6.53. The van der Waals surface area contributed by atoms with Crippen LogP contribution in [0.15, 0.2) is 22.7 Å². The first-order valence-electron chi connectivity index (χ1n) is 7.52. The molecule has 1 aromatic carbocycles. The lowest BCUT2D eigenvalue weighted by Crippen LogP contribution is -2.46. The SMILES string of the molecule is NC(c1ccc(Cl)c(Br)c1)C1CCOC2(CCOCC2)C1. The van der Waals surface area contributed by atoms with Gasteiger partial charge in [-0.3, -0.25) is 0 Å². The molecule has 1 aromatic rings. The summed E-state index contributed by atoms with van der Waals surface area (Å²) in [5.74, 6) is 0.449. The van der Waals surface area contributed by atoms with Gasteiger partial charge in [0.15, 0.2) is 0 Å². The van der Waals surface area contributed by atoms with Crippen molar-refractivity contribution in [1.82, 2.24) is 0 Å². The molecule has 3 rings (SSSR count). The average molecular weight is 375 g/mol. The molecule has 2 aliphatic rings. The Morgan fingerprint density at radius 1 is 1.29 bits per heavy atom. The zero-order chi connectivity index (χ0) is 14.9. The van der Waals surface area contributed by atoms with Gasteiger partial charge < -0.3 is 15.2 Å². The van der Waals surface area contributed by atoms with Crippen molar-refractivity contribution in [3.8, 4) is 0 Å². The van der Waals surface area contributed by atoms with Crippen LogP contribution in [0.4, 0.5) is 0 Å². The third kappa shape index (κ3) is 3.45. The number of benzene rings is 1. The van der Waals surface area contributed by atoms with Crippen LogP contribution in [0.5, 0.6) is 0 Å². The summed E-state index contributed by atoms with van der Waals surface area (Å²) in [5, 5.41) is 0.721. The van der Waals surface area contributed by atoms with Gasteiger partial charge in [0.1, 0.15) is 0 Å². The van der Waals surface area contributed by atoms with Crippen molar-refractivity contribution < 1.29 is 9.47 Å². The first-order valence-corrected chi connectivity index (χ1v) is 8.69. The third-order valence-corrected chi connectivity index (χ3v) is 5.99. The second-order valence-electron chi connectivity index (χ2n) is 6.10. The molecule has 5 heteroatoms. The zero-order valence-corrected chi connectivity index (χ0v) is 14.3. The molecule has 2 fully saturated rings. The minimum Gasteiger partial charge on any atom is -0.381 e. The fourth-order valence-corrected chi connectivity index (χ4v) is 3.97. The molecule has 3 nitrogen and oxygen atoms in total. The summed E-state index contributed by atoms with van der Waals surface area (Å²) in [7, 11) is 0. The van der Waals surface area contributed by atoms with E-state index in [-0.39, 0.29) is 11.6 Å². The molecule has 0 radical (unpaired) electrons. The predicted octanol–water partition coefficient (Wildman–Crippen LogP) is 4.08. The highest BCUT2D eigenvalue weighted by Gasteiger charge is 2.40. The van der Waals surface area contributed by atoms with Gasteiger partial charge in [0.05, 0.1) is 10.6 Å². The van der Waals surface area contributed by atoms with Gasteiger partial charge in [-0.25, -0.2) is 0 Å². The highest BCUT2D eigenvalue weighted by Crippen LogP contribution is 2.41. The molecule has 0 saturated carbocycles. The van der Waals surface area contributed by atoms with Crippen molar-refractivity contribution in [3.05, 3.63) is 33.3 Å². The number of halogens is 2. The molecular formula is C16H21BrClNO2. The number of hydrogen-bond acceptors (Lipinski definition) is 3. The maximum atomic E-state index is 6.53. The fraction of sp³-hybridized carbons (Fsp3) is 0.625. The summed E-state index contributed by atoms with van der Waals surface area (Å²) in [4.78, 5) is 0. The smallest absolute Gasteiger partial charge is 0.0729 e. The molecule has 0 bridgehead atoms. The van der Waals surface area contributed by atoms with Crippen LogP contribution in [0.1, 0.15) is 37.3 Å². The summed E-state index contributed by atoms with van der Waals surface area (Å²) in [6, 6.07) is 6.01. The average Bonchev–Trinajstić information content (AvgIpc) is 2.50. The van der Waals surface area contributed by atoms with Gasteiger partial charge >= 0.3 is 0 Å². The summed E-state index contributed by atoms with van der Waals surface area (Å²) in [5.41, 5.74) is 7.66. The molecule has 2 unspecified atom stereocenters. The van der Waals surface area contributed by atoms with Crippen molar-refractivity contribution >= 4 is 27.5 Å². The van der Waals surface area contributed by atoms with Crippen LogP contribution in [-0.4, -0.2) is 25.4 Å². The molecule has 2 saturated heterocycles. The van der Waals surface area contributed by atoms with Gasteiger partial charge in [0, 0.05) is 30.3 Å². The first-order chi connectivity index (χ1) is 10.1. The van der Waals surface area contributed by atoms with Crippen molar-refractivity contribution in [2.75, 3.05) is 19.8 Å². The van der Waals surface area contributed by atoms with Crippen molar-refractivity contribution in [3.63, 3.8) is 0 Å². The normalized spacial score (nSPS) is 26.7. The number of hydrogen-bond donors (Lipinski definition) is 1. The minimum absolute atomic E-state index is 0.0115. The third-order valence-electron chi connectivity index (χ3n) is 4.77. The molecule has 116 valence electrons. The van der Waals surface area contributed by atoms with Gasteiger partial charge in [-0.2, -0.15) is 0 Å². The molecule has 2 aliphatic heterocycles. The standard InChI is InChI=1S/C16H21BrClNO2/c17-13-9-11(1-2-14(13)18)15(19)12-3-6-21-16(10-12)4-7-20-8-5-16/h1-2,9,12,15H,3-8,10,19H2. The molecule has 1 spiro atoms. The molecule has 21 heavy (non-hydrogen) atoms. The highest BCUT2D eigenvalue weighted by atomic mass is 79.9. The molecule has 2 atom stereocenters. The number of ether oxygens (including phenoxy) is 2. The summed E-state index contributed by atoms with van der Waals surface area (Å²) < 4.78 is 12.5. The predicted molar refractivity (Wildman–Crippen MR) is 87.5 cm³/mol. The second-order valence-corrected chi connectivity index (χ2v) is 7.36. The molecule has 0 aromatic heterocycles. The van der Waals surface area contributed by atoms with Gasteiger partial charge in [0.2, 0.25) is 0 Å². The lowest BCUT2D eigenvalue weighted by molar-refractivity contribution is -0.149. The van der Waals surface area contributed by atoms with Gasteiger partial charge in [-0.1, -0.05) is 17.7 Å².